The standard InChI is InChI=1S/C16H26N2O/c1-5-18(4)9-8-17-12-13-6-7-15-14(10-13)11-16(2,3)19-15/h6-7,10,17H,5,8-9,11-12H2,1-4H3. The zero-order valence-electron chi connectivity index (χ0n) is 12.6. The van der Waals surface area contributed by atoms with Crippen molar-refractivity contribution in [3.8, 4) is 5.75 Å². The van der Waals surface area contributed by atoms with Gasteiger partial charge in [-0.1, -0.05) is 19.1 Å². The lowest BCUT2D eigenvalue weighted by Crippen LogP contribution is -2.28. The van der Waals surface area contributed by atoms with Gasteiger partial charge in [0.25, 0.3) is 0 Å². The van der Waals surface area contributed by atoms with E-state index in [1.165, 1.54) is 11.1 Å². The minimum atomic E-state index is -0.0434. The monoisotopic (exact) mass is 262 g/mol. The predicted molar refractivity (Wildman–Crippen MR) is 79.7 cm³/mol. The van der Waals surface area contributed by atoms with Gasteiger partial charge in [-0.3, -0.25) is 0 Å². The zero-order valence-corrected chi connectivity index (χ0v) is 12.6. The van der Waals surface area contributed by atoms with E-state index in [-0.39, 0.29) is 5.60 Å². The van der Waals surface area contributed by atoms with Gasteiger partial charge in [0.05, 0.1) is 0 Å². The second kappa shape index (κ2) is 5.93. The fourth-order valence-corrected chi connectivity index (χ4v) is 2.43. The van der Waals surface area contributed by atoms with E-state index in [9.17, 15) is 0 Å². The lowest BCUT2D eigenvalue weighted by atomic mass is 10.0. The molecule has 0 spiro atoms. The fraction of sp³-hybridized carbons (Fsp3) is 0.625. The average molecular weight is 262 g/mol. The van der Waals surface area contributed by atoms with Crippen LogP contribution in [-0.4, -0.2) is 37.2 Å². The number of hydrogen-bond donors (Lipinski definition) is 1. The third-order valence-electron chi connectivity index (χ3n) is 3.67. The van der Waals surface area contributed by atoms with Gasteiger partial charge in [-0.05, 0) is 44.6 Å². The van der Waals surface area contributed by atoms with Crippen LogP contribution in [0.25, 0.3) is 0 Å². The van der Waals surface area contributed by atoms with Gasteiger partial charge in [0.15, 0.2) is 0 Å². The number of ether oxygens (including phenoxy) is 1. The third kappa shape index (κ3) is 3.95. The molecule has 0 aromatic heterocycles. The number of likely N-dealkylation sites (N-methyl/N-ethyl adjacent to an activating group) is 1. The van der Waals surface area contributed by atoms with Crippen molar-refractivity contribution >= 4 is 0 Å². The van der Waals surface area contributed by atoms with Crippen molar-refractivity contribution in [2.24, 2.45) is 0 Å². The molecule has 0 atom stereocenters. The molecule has 3 nitrogen and oxygen atoms in total. The van der Waals surface area contributed by atoms with Gasteiger partial charge in [0.2, 0.25) is 0 Å². The normalized spacial score (nSPS) is 16.5. The maximum absolute atomic E-state index is 5.89. The largest absolute Gasteiger partial charge is 0.487 e. The minimum Gasteiger partial charge on any atom is -0.487 e. The highest BCUT2D eigenvalue weighted by molar-refractivity contribution is 5.41. The molecule has 19 heavy (non-hydrogen) atoms. The molecular weight excluding hydrogens is 236 g/mol. The molecule has 1 aromatic rings. The number of hydrogen-bond acceptors (Lipinski definition) is 3. The quantitative estimate of drug-likeness (QED) is 0.797. The summed E-state index contributed by atoms with van der Waals surface area (Å²) in [5, 5.41) is 3.50. The van der Waals surface area contributed by atoms with Gasteiger partial charge in [-0.2, -0.15) is 0 Å². The van der Waals surface area contributed by atoms with E-state index in [2.05, 4.69) is 56.2 Å². The molecule has 0 amide bonds. The third-order valence-corrected chi connectivity index (χ3v) is 3.67. The summed E-state index contributed by atoms with van der Waals surface area (Å²) >= 11 is 0. The van der Waals surface area contributed by atoms with Crippen molar-refractivity contribution < 1.29 is 4.74 Å². The van der Waals surface area contributed by atoms with Crippen molar-refractivity contribution in [2.45, 2.75) is 39.3 Å². The molecule has 0 radical (unpaired) electrons. The van der Waals surface area contributed by atoms with Crippen LogP contribution in [0.1, 0.15) is 31.9 Å². The van der Waals surface area contributed by atoms with Gasteiger partial charge in [0, 0.05) is 26.1 Å². The molecule has 0 bridgehead atoms. The minimum absolute atomic E-state index is 0.0434. The van der Waals surface area contributed by atoms with E-state index in [0.717, 1.165) is 38.3 Å². The van der Waals surface area contributed by atoms with Crippen molar-refractivity contribution in [3.05, 3.63) is 29.3 Å². The average Bonchev–Trinajstić information content (AvgIpc) is 2.67. The summed E-state index contributed by atoms with van der Waals surface area (Å²) in [5.74, 6) is 1.06. The number of nitrogens with zero attached hydrogens (tertiary/aromatic N) is 1. The Morgan fingerprint density at radius 2 is 2.16 bits per heavy atom. The van der Waals surface area contributed by atoms with Crippen LogP contribution in [0.15, 0.2) is 18.2 Å². The molecule has 2 rings (SSSR count). The van der Waals surface area contributed by atoms with Gasteiger partial charge in [-0.15, -0.1) is 0 Å². The number of rotatable bonds is 6. The number of benzene rings is 1. The summed E-state index contributed by atoms with van der Waals surface area (Å²) in [5.41, 5.74) is 2.65. The lowest BCUT2D eigenvalue weighted by Gasteiger charge is -2.16. The first-order valence-corrected chi connectivity index (χ1v) is 7.20. The van der Waals surface area contributed by atoms with E-state index in [1.807, 2.05) is 0 Å². The Hall–Kier alpha value is -1.06. The van der Waals surface area contributed by atoms with E-state index in [0.29, 0.717) is 0 Å². The van der Waals surface area contributed by atoms with Crippen molar-refractivity contribution in [1.82, 2.24) is 10.2 Å². The molecule has 0 saturated carbocycles. The maximum Gasteiger partial charge on any atom is 0.123 e. The van der Waals surface area contributed by atoms with Gasteiger partial charge in [-0.25, -0.2) is 0 Å². The summed E-state index contributed by atoms with van der Waals surface area (Å²) in [4.78, 5) is 2.31. The number of fused-ring (bicyclic) bond motifs is 1. The van der Waals surface area contributed by atoms with Crippen LogP contribution in [0.2, 0.25) is 0 Å². The molecule has 1 aliphatic heterocycles. The summed E-state index contributed by atoms with van der Waals surface area (Å²) in [7, 11) is 2.15. The summed E-state index contributed by atoms with van der Waals surface area (Å²) in [6.07, 6.45) is 1.01. The first-order chi connectivity index (χ1) is 9.00. The van der Waals surface area contributed by atoms with Crippen molar-refractivity contribution in [1.29, 1.82) is 0 Å². The SMILES string of the molecule is CCN(C)CCNCc1ccc2c(c1)CC(C)(C)O2. The predicted octanol–water partition coefficient (Wildman–Crippen LogP) is 2.44. The summed E-state index contributed by atoms with van der Waals surface area (Å²) in [6.45, 7) is 10.6. The van der Waals surface area contributed by atoms with E-state index in [1.54, 1.807) is 0 Å². The highest BCUT2D eigenvalue weighted by Crippen LogP contribution is 2.35. The molecule has 0 aliphatic carbocycles. The Kier molecular flexibility index (Phi) is 4.48. The highest BCUT2D eigenvalue weighted by atomic mass is 16.5. The lowest BCUT2D eigenvalue weighted by molar-refractivity contribution is 0.138. The molecule has 1 heterocycles. The van der Waals surface area contributed by atoms with E-state index >= 15 is 0 Å². The summed E-state index contributed by atoms with van der Waals surface area (Å²) < 4.78 is 5.89. The highest BCUT2D eigenvalue weighted by Gasteiger charge is 2.29. The molecule has 1 aromatic carbocycles. The van der Waals surface area contributed by atoms with E-state index < -0.39 is 0 Å². The molecule has 106 valence electrons. The Morgan fingerprint density at radius 1 is 1.37 bits per heavy atom. The van der Waals surface area contributed by atoms with Crippen LogP contribution in [0.3, 0.4) is 0 Å². The Bertz CT molecular complexity index is 429. The first-order valence-electron chi connectivity index (χ1n) is 7.20. The van der Waals surface area contributed by atoms with Gasteiger partial charge in [0.1, 0.15) is 11.4 Å². The maximum atomic E-state index is 5.89. The van der Waals surface area contributed by atoms with Gasteiger partial charge >= 0.3 is 0 Å². The van der Waals surface area contributed by atoms with Crippen molar-refractivity contribution in [3.63, 3.8) is 0 Å². The van der Waals surface area contributed by atoms with Crippen LogP contribution in [-0.2, 0) is 13.0 Å². The molecule has 1 aliphatic rings. The second-order valence-corrected chi connectivity index (χ2v) is 6.05. The summed E-state index contributed by atoms with van der Waals surface area (Å²) in [6, 6.07) is 6.55. The Morgan fingerprint density at radius 3 is 2.89 bits per heavy atom. The molecular formula is C16H26N2O. The zero-order chi connectivity index (χ0) is 13.9. The fourth-order valence-electron chi connectivity index (χ4n) is 2.43. The van der Waals surface area contributed by atoms with Crippen LogP contribution < -0.4 is 10.1 Å². The Balaban J connectivity index is 1.83. The molecule has 3 heteroatoms. The smallest absolute Gasteiger partial charge is 0.123 e. The second-order valence-electron chi connectivity index (χ2n) is 6.05. The molecule has 0 fully saturated rings. The van der Waals surface area contributed by atoms with Crippen LogP contribution in [0.5, 0.6) is 5.75 Å². The molecule has 0 unspecified atom stereocenters. The van der Waals surface area contributed by atoms with Crippen molar-refractivity contribution in [2.75, 3.05) is 26.7 Å². The van der Waals surface area contributed by atoms with Crippen LogP contribution in [0, 0.1) is 0 Å². The first kappa shape index (κ1) is 14.4. The van der Waals surface area contributed by atoms with E-state index in [4.69, 9.17) is 4.74 Å². The van der Waals surface area contributed by atoms with Crippen LogP contribution >= 0.6 is 0 Å². The van der Waals surface area contributed by atoms with Crippen LogP contribution in [0.4, 0.5) is 0 Å². The topological polar surface area (TPSA) is 24.5 Å². The Labute approximate surface area is 116 Å². The number of nitrogens with one attached hydrogen (secondary N) is 1. The molecule has 1 N–H and O–H groups in total. The van der Waals surface area contributed by atoms with Gasteiger partial charge < -0.3 is 15.0 Å². The molecule has 0 saturated heterocycles.